The number of nitrogens with zero attached hydrogens (tertiary/aromatic N) is 1. The normalized spacial score (nSPS) is 11.2. The van der Waals surface area contributed by atoms with Crippen LogP contribution in [0.2, 0.25) is 10.0 Å². The molecule has 5 nitrogen and oxygen atoms in total. The lowest BCUT2D eigenvalue weighted by Crippen LogP contribution is -2.06. The van der Waals surface area contributed by atoms with Crippen LogP contribution >= 0.6 is 23.2 Å². The highest BCUT2D eigenvalue weighted by molar-refractivity contribution is 6.32. The molecule has 3 rings (SSSR count). The second-order valence-corrected chi connectivity index (χ2v) is 6.96. The molecule has 1 N–H and O–H groups in total. The Bertz CT molecular complexity index is 1090. The van der Waals surface area contributed by atoms with E-state index >= 15 is 0 Å². The number of carbonyl (C=O) groups excluding carboxylic acids is 1. The molecule has 0 heterocycles. The molecule has 0 aliphatic rings. The highest BCUT2D eigenvalue weighted by atomic mass is 35.5. The minimum absolute atomic E-state index is 0.117. The number of hydrogen-bond acceptors (Lipinski definition) is 5. The van der Waals surface area contributed by atoms with Gasteiger partial charge in [-0.25, -0.2) is 4.79 Å². The van der Waals surface area contributed by atoms with Crippen LogP contribution in [0.15, 0.2) is 71.7 Å². The Morgan fingerprint density at radius 3 is 2.37 bits per heavy atom. The fourth-order valence-corrected chi connectivity index (χ4v) is 2.86. The molecule has 0 aliphatic carbocycles. The van der Waals surface area contributed by atoms with Gasteiger partial charge < -0.3 is 14.6 Å². The predicted molar refractivity (Wildman–Crippen MR) is 119 cm³/mol. The van der Waals surface area contributed by atoms with Crippen molar-refractivity contribution in [3.05, 3.63) is 87.9 Å². The molecule has 7 heteroatoms. The maximum absolute atomic E-state index is 12.2. The van der Waals surface area contributed by atoms with Gasteiger partial charge in [-0.3, -0.25) is 4.99 Å². The van der Waals surface area contributed by atoms with Crippen LogP contribution in [0.5, 0.6) is 17.2 Å². The average molecular weight is 442 g/mol. The van der Waals surface area contributed by atoms with Gasteiger partial charge in [0.25, 0.3) is 0 Å². The first-order valence-electron chi connectivity index (χ1n) is 8.80. The minimum Gasteiger partial charge on any atom is -0.508 e. The molecule has 30 heavy (non-hydrogen) atoms. The zero-order valence-electron chi connectivity index (χ0n) is 15.9. The summed E-state index contributed by atoms with van der Waals surface area (Å²) < 4.78 is 10.7. The zero-order valence-corrected chi connectivity index (χ0v) is 17.4. The Morgan fingerprint density at radius 1 is 1.00 bits per heavy atom. The Kier molecular flexibility index (Phi) is 7.12. The summed E-state index contributed by atoms with van der Waals surface area (Å²) in [6.45, 7) is 0. The number of phenols is 1. The Labute approximate surface area is 183 Å². The molecule has 0 spiro atoms. The van der Waals surface area contributed by atoms with E-state index in [4.69, 9.17) is 32.7 Å². The topological polar surface area (TPSA) is 68.1 Å². The average Bonchev–Trinajstić information content (AvgIpc) is 2.74. The molecular weight excluding hydrogens is 425 g/mol. The number of halogens is 2. The van der Waals surface area contributed by atoms with Crippen molar-refractivity contribution in [3.8, 4) is 17.2 Å². The van der Waals surface area contributed by atoms with Gasteiger partial charge in [0.2, 0.25) is 0 Å². The summed E-state index contributed by atoms with van der Waals surface area (Å²) in [4.78, 5) is 16.5. The fraction of sp³-hybridized carbons (Fsp3) is 0.0435. The number of aliphatic imine (C=N–C) groups is 1. The summed E-state index contributed by atoms with van der Waals surface area (Å²) in [5.74, 6) is -0.0276. The number of rotatable bonds is 6. The summed E-state index contributed by atoms with van der Waals surface area (Å²) >= 11 is 12.1. The van der Waals surface area contributed by atoms with E-state index < -0.39 is 5.97 Å². The zero-order chi connectivity index (χ0) is 21.5. The number of benzene rings is 3. The van der Waals surface area contributed by atoms with Crippen molar-refractivity contribution < 1.29 is 19.4 Å². The second-order valence-electron chi connectivity index (χ2n) is 6.11. The highest BCUT2D eigenvalue weighted by Gasteiger charge is 2.14. The van der Waals surface area contributed by atoms with E-state index in [0.717, 1.165) is 5.56 Å². The molecule has 0 radical (unpaired) electrons. The van der Waals surface area contributed by atoms with Crippen LogP contribution in [0.3, 0.4) is 0 Å². The van der Waals surface area contributed by atoms with E-state index in [2.05, 4.69) is 4.99 Å². The van der Waals surface area contributed by atoms with Crippen molar-refractivity contribution >= 4 is 47.1 Å². The third-order valence-corrected chi connectivity index (χ3v) is 4.48. The molecule has 152 valence electrons. The molecule has 3 aromatic rings. The maximum atomic E-state index is 12.2. The van der Waals surface area contributed by atoms with Gasteiger partial charge in [0.15, 0.2) is 11.5 Å². The van der Waals surface area contributed by atoms with Gasteiger partial charge in [-0.1, -0.05) is 35.3 Å². The van der Waals surface area contributed by atoms with Gasteiger partial charge in [0, 0.05) is 17.3 Å². The quantitative estimate of drug-likeness (QED) is 0.218. The van der Waals surface area contributed by atoms with Crippen LogP contribution < -0.4 is 9.47 Å². The molecule has 0 unspecified atom stereocenters. The molecule has 0 aromatic heterocycles. The first-order chi connectivity index (χ1) is 14.4. The van der Waals surface area contributed by atoms with Crippen molar-refractivity contribution in [1.29, 1.82) is 0 Å². The van der Waals surface area contributed by atoms with Crippen molar-refractivity contribution in [2.24, 2.45) is 4.99 Å². The number of carbonyl (C=O) groups is 1. The summed E-state index contributed by atoms with van der Waals surface area (Å²) in [6.07, 6.45) is 4.49. The van der Waals surface area contributed by atoms with E-state index in [9.17, 15) is 9.90 Å². The lowest BCUT2D eigenvalue weighted by atomic mass is 10.2. The molecule has 0 saturated carbocycles. The third kappa shape index (κ3) is 5.86. The van der Waals surface area contributed by atoms with Crippen molar-refractivity contribution in [2.75, 3.05) is 7.11 Å². The molecule has 0 saturated heterocycles. The Balaban J connectivity index is 1.75. The second kappa shape index (κ2) is 9.96. The van der Waals surface area contributed by atoms with E-state index in [-0.39, 0.29) is 16.5 Å². The standard InChI is InChI=1S/C23H17Cl2NO4/c1-29-21-13-16(14-26-18-7-9-19(27)10-8-18)12-20(25)23(21)30-22(28)11-4-15-2-5-17(24)6-3-15/h2-14,27H,1H3. The minimum atomic E-state index is -0.601. The van der Waals surface area contributed by atoms with E-state index in [1.807, 2.05) is 0 Å². The summed E-state index contributed by atoms with van der Waals surface area (Å²) in [6, 6.07) is 16.7. The van der Waals surface area contributed by atoms with Crippen LogP contribution in [0.25, 0.3) is 6.08 Å². The number of hydrogen-bond donors (Lipinski definition) is 1. The number of phenolic OH excluding ortho intramolecular Hbond substituents is 1. The van der Waals surface area contributed by atoms with Crippen molar-refractivity contribution in [2.45, 2.75) is 0 Å². The molecule has 0 aliphatic heterocycles. The van der Waals surface area contributed by atoms with E-state index in [0.29, 0.717) is 22.0 Å². The monoisotopic (exact) mass is 441 g/mol. The summed E-state index contributed by atoms with van der Waals surface area (Å²) in [7, 11) is 1.45. The number of methoxy groups -OCH3 is 1. The number of ether oxygens (including phenoxy) is 2. The number of aromatic hydroxyl groups is 1. The first-order valence-corrected chi connectivity index (χ1v) is 9.56. The van der Waals surface area contributed by atoms with E-state index in [1.54, 1.807) is 73.0 Å². The molecule has 0 amide bonds. The van der Waals surface area contributed by atoms with Crippen LogP contribution in [0.4, 0.5) is 5.69 Å². The van der Waals surface area contributed by atoms with Crippen molar-refractivity contribution in [3.63, 3.8) is 0 Å². The van der Waals surface area contributed by atoms with Gasteiger partial charge >= 0.3 is 5.97 Å². The predicted octanol–water partition coefficient (Wildman–Crippen LogP) is 6.08. The van der Waals surface area contributed by atoms with Gasteiger partial charge in [-0.15, -0.1) is 0 Å². The third-order valence-electron chi connectivity index (χ3n) is 3.95. The van der Waals surface area contributed by atoms with Gasteiger partial charge in [-0.05, 0) is 65.7 Å². The van der Waals surface area contributed by atoms with Gasteiger partial charge in [0.05, 0.1) is 17.8 Å². The van der Waals surface area contributed by atoms with Gasteiger partial charge in [-0.2, -0.15) is 0 Å². The largest absolute Gasteiger partial charge is 0.508 e. The summed E-state index contributed by atoms with van der Waals surface area (Å²) in [5, 5.41) is 10.1. The van der Waals surface area contributed by atoms with Gasteiger partial charge in [0.1, 0.15) is 5.75 Å². The van der Waals surface area contributed by atoms with Crippen LogP contribution in [0.1, 0.15) is 11.1 Å². The Morgan fingerprint density at radius 2 is 1.70 bits per heavy atom. The van der Waals surface area contributed by atoms with Crippen LogP contribution in [0, 0.1) is 0 Å². The smallest absolute Gasteiger partial charge is 0.336 e. The van der Waals surface area contributed by atoms with Crippen LogP contribution in [-0.4, -0.2) is 24.4 Å². The molecule has 0 bridgehead atoms. The maximum Gasteiger partial charge on any atom is 0.336 e. The lowest BCUT2D eigenvalue weighted by Gasteiger charge is -2.11. The fourth-order valence-electron chi connectivity index (χ4n) is 2.47. The lowest BCUT2D eigenvalue weighted by molar-refractivity contribution is -0.129. The summed E-state index contributed by atoms with van der Waals surface area (Å²) in [5.41, 5.74) is 2.11. The van der Waals surface area contributed by atoms with E-state index in [1.165, 1.54) is 13.2 Å². The molecule has 0 atom stereocenters. The molecule has 3 aromatic carbocycles. The first kappa shape index (κ1) is 21.4. The number of esters is 1. The van der Waals surface area contributed by atoms with Crippen LogP contribution in [-0.2, 0) is 4.79 Å². The van der Waals surface area contributed by atoms with Crippen molar-refractivity contribution in [1.82, 2.24) is 0 Å². The highest BCUT2D eigenvalue weighted by Crippen LogP contribution is 2.36. The molecular formula is C23H17Cl2NO4. The molecule has 0 fully saturated rings. The Hall–Kier alpha value is -3.28. The SMILES string of the molecule is COc1cc(C=Nc2ccc(O)cc2)cc(Cl)c1OC(=O)C=Cc1ccc(Cl)cc1.